The van der Waals surface area contributed by atoms with Gasteiger partial charge in [0.05, 0.1) is 25.1 Å². The molecule has 0 aliphatic heterocycles. The van der Waals surface area contributed by atoms with Crippen molar-refractivity contribution in [3.05, 3.63) is 77.7 Å². The molecule has 0 unspecified atom stereocenters. The number of methoxy groups -OCH3 is 1. The number of hydrogen-bond acceptors (Lipinski definition) is 7. The Hall–Kier alpha value is -4.07. The maximum Gasteiger partial charge on any atom is 0.337 e. The molecule has 1 heterocycles. The van der Waals surface area contributed by atoms with Crippen LogP contribution >= 0.6 is 0 Å². The maximum atomic E-state index is 12.3. The molecule has 0 fully saturated rings. The van der Waals surface area contributed by atoms with Gasteiger partial charge in [-0.25, -0.2) is 14.8 Å². The summed E-state index contributed by atoms with van der Waals surface area (Å²) in [6.07, 6.45) is 2.77. The Kier molecular flexibility index (Phi) is 5.94. The molecule has 0 radical (unpaired) electrons. The Morgan fingerprint density at radius 1 is 0.897 bits per heavy atom. The summed E-state index contributed by atoms with van der Waals surface area (Å²) < 4.78 is 4.65. The smallest absolute Gasteiger partial charge is 0.337 e. The van der Waals surface area contributed by atoms with Gasteiger partial charge in [0.2, 0.25) is 0 Å². The standard InChI is InChI=1S/C21H18N4O4/c1-13(26)15-4-3-5-17(10-15)25-20(27)18-11-23-19(12-22-18)24-16-8-6-14(7-9-16)21(28)29-2/h3-12H,1-2H3,(H,23,24)(H,25,27). The molecule has 8 nitrogen and oxygen atoms in total. The lowest BCUT2D eigenvalue weighted by Crippen LogP contribution is -2.14. The van der Waals surface area contributed by atoms with Crippen LogP contribution in [0.4, 0.5) is 17.2 Å². The summed E-state index contributed by atoms with van der Waals surface area (Å²) in [6, 6.07) is 13.3. The molecule has 0 spiro atoms. The van der Waals surface area contributed by atoms with E-state index in [4.69, 9.17) is 0 Å². The summed E-state index contributed by atoms with van der Waals surface area (Å²) in [5.74, 6) is -0.505. The van der Waals surface area contributed by atoms with Gasteiger partial charge in [-0.1, -0.05) is 12.1 Å². The number of aromatic nitrogens is 2. The van der Waals surface area contributed by atoms with Crippen LogP contribution in [0.25, 0.3) is 0 Å². The van der Waals surface area contributed by atoms with Crippen molar-refractivity contribution >= 4 is 34.9 Å². The van der Waals surface area contributed by atoms with E-state index < -0.39 is 11.9 Å². The average Bonchev–Trinajstić information content (AvgIpc) is 2.74. The van der Waals surface area contributed by atoms with E-state index in [9.17, 15) is 14.4 Å². The van der Waals surface area contributed by atoms with Crippen LogP contribution in [0, 0.1) is 0 Å². The Bertz CT molecular complexity index is 1050. The van der Waals surface area contributed by atoms with Gasteiger partial charge in [0.15, 0.2) is 5.78 Å². The molecule has 2 N–H and O–H groups in total. The fourth-order valence-corrected chi connectivity index (χ4v) is 2.48. The van der Waals surface area contributed by atoms with Crippen LogP contribution in [-0.4, -0.2) is 34.7 Å². The number of hydrogen-bond donors (Lipinski definition) is 2. The van der Waals surface area contributed by atoms with Gasteiger partial charge < -0.3 is 15.4 Å². The molecule has 0 atom stereocenters. The van der Waals surface area contributed by atoms with Crippen LogP contribution in [0.5, 0.6) is 0 Å². The first-order chi connectivity index (χ1) is 14.0. The Morgan fingerprint density at radius 2 is 1.66 bits per heavy atom. The van der Waals surface area contributed by atoms with Crippen molar-refractivity contribution in [3.8, 4) is 0 Å². The van der Waals surface area contributed by atoms with E-state index in [-0.39, 0.29) is 11.5 Å². The molecular formula is C21H18N4O4. The molecule has 2 aromatic carbocycles. The van der Waals surface area contributed by atoms with E-state index in [1.54, 1.807) is 48.5 Å². The predicted molar refractivity (Wildman–Crippen MR) is 107 cm³/mol. The van der Waals surface area contributed by atoms with Crippen molar-refractivity contribution in [2.24, 2.45) is 0 Å². The van der Waals surface area contributed by atoms with Gasteiger partial charge in [-0.3, -0.25) is 9.59 Å². The van der Waals surface area contributed by atoms with Crippen LogP contribution < -0.4 is 10.6 Å². The number of carbonyl (C=O) groups excluding carboxylic acids is 3. The fourth-order valence-electron chi connectivity index (χ4n) is 2.48. The van der Waals surface area contributed by atoms with Gasteiger partial charge in [0.1, 0.15) is 11.5 Å². The normalized spacial score (nSPS) is 10.1. The summed E-state index contributed by atoms with van der Waals surface area (Å²) >= 11 is 0. The number of ketones is 1. The molecule has 8 heteroatoms. The van der Waals surface area contributed by atoms with E-state index >= 15 is 0 Å². The second kappa shape index (κ2) is 8.75. The minimum Gasteiger partial charge on any atom is -0.465 e. The molecule has 3 aromatic rings. The molecule has 146 valence electrons. The number of nitrogens with one attached hydrogen (secondary N) is 2. The van der Waals surface area contributed by atoms with Crippen molar-refractivity contribution in [3.63, 3.8) is 0 Å². The summed E-state index contributed by atoms with van der Waals surface area (Å²) in [5.41, 5.74) is 2.27. The van der Waals surface area contributed by atoms with Gasteiger partial charge in [-0.05, 0) is 43.3 Å². The number of carbonyl (C=O) groups is 3. The Labute approximate surface area is 167 Å². The Morgan fingerprint density at radius 3 is 2.28 bits per heavy atom. The topological polar surface area (TPSA) is 110 Å². The van der Waals surface area contributed by atoms with Crippen LogP contribution in [0.3, 0.4) is 0 Å². The number of nitrogens with zero attached hydrogens (tertiary/aromatic N) is 2. The fraction of sp³-hybridized carbons (Fsp3) is 0.0952. The number of esters is 1. The lowest BCUT2D eigenvalue weighted by molar-refractivity contribution is 0.0600. The third kappa shape index (κ3) is 5.01. The van der Waals surface area contributed by atoms with Crippen molar-refractivity contribution < 1.29 is 19.1 Å². The monoisotopic (exact) mass is 390 g/mol. The summed E-state index contributed by atoms with van der Waals surface area (Å²) in [5, 5.41) is 5.72. The van der Waals surface area contributed by atoms with Gasteiger partial charge in [0, 0.05) is 16.9 Å². The van der Waals surface area contributed by atoms with Crippen LogP contribution in [-0.2, 0) is 4.74 Å². The van der Waals surface area contributed by atoms with Gasteiger partial charge in [-0.15, -0.1) is 0 Å². The molecule has 1 amide bonds. The SMILES string of the molecule is COC(=O)c1ccc(Nc2cnc(C(=O)Nc3cccc(C(C)=O)c3)cn2)cc1. The summed E-state index contributed by atoms with van der Waals surface area (Å²) in [4.78, 5) is 43.5. The molecule has 0 bridgehead atoms. The quantitative estimate of drug-likeness (QED) is 0.490. The first kappa shape index (κ1) is 19.7. The van der Waals surface area contributed by atoms with Gasteiger partial charge in [0.25, 0.3) is 5.91 Å². The highest BCUT2D eigenvalue weighted by Crippen LogP contribution is 2.16. The van der Waals surface area contributed by atoms with Crippen LogP contribution in [0.2, 0.25) is 0 Å². The first-order valence-electron chi connectivity index (χ1n) is 8.66. The number of amides is 1. The molecule has 29 heavy (non-hydrogen) atoms. The molecule has 1 aromatic heterocycles. The van der Waals surface area contributed by atoms with Crippen molar-refractivity contribution in [1.29, 1.82) is 0 Å². The maximum absolute atomic E-state index is 12.3. The second-order valence-corrected chi connectivity index (χ2v) is 6.07. The zero-order valence-corrected chi connectivity index (χ0v) is 15.8. The second-order valence-electron chi connectivity index (χ2n) is 6.07. The Balaban J connectivity index is 1.65. The largest absolute Gasteiger partial charge is 0.465 e. The number of anilines is 3. The van der Waals surface area contributed by atoms with Crippen molar-refractivity contribution in [2.45, 2.75) is 6.92 Å². The number of benzene rings is 2. The van der Waals surface area contributed by atoms with Crippen molar-refractivity contribution in [1.82, 2.24) is 9.97 Å². The lowest BCUT2D eigenvalue weighted by atomic mass is 10.1. The highest BCUT2D eigenvalue weighted by atomic mass is 16.5. The summed E-state index contributed by atoms with van der Waals surface area (Å²) in [7, 11) is 1.32. The highest BCUT2D eigenvalue weighted by molar-refractivity contribution is 6.03. The van der Waals surface area contributed by atoms with Crippen LogP contribution in [0.1, 0.15) is 38.1 Å². The van der Waals surface area contributed by atoms with E-state index in [0.29, 0.717) is 28.3 Å². The zero-order valence-electron chi connectivity index (χ0n) is 15.8. The molecule has 0 aliphatic carbocycles. The van der Waals surface area contributed by atoms with E-state index in [2.05, 4.69) is 25.3 Å². The van der Waals surface area contributed by atoms with Gasteiger partial charge >= 0.3 is 5.97 Å². The lowest BCUT2D eigenvalue weighted by Gasteiger charge is -2.08. The molecule has 0 saturated carbocycles. The minimum absolute atomic E-state index is 0.0871. The third-order valence-electron chi connectivity index (χ3n) is 3.99. The van der Waals surface area contributed by atoms with E-state index in [1.807, 2.05) is 0 Å². The minimum atomic E-state index is -0.438. The number of Topliss-reactive ketones (excluding diaryl/α,β-unsaturated/α-hetero) is 1. The third-order valence-corrected chi connectivity index (χ3v) is 3.99. The first-order valence-corrected chi connectivity index (χ1v) is 8.66. The van der Waals surface area contributed by atoms with Gasteiger partial charge in [-0.2, -0.15) is 0 Å². The predicted octanol–water partition coefficient (Wildman–Crippen LogP) is 3.46. The number of ether oxygens (including phenoxy) is 1. The number of rotatable bonds is 6. The van der Waals surface area contributed by atoms with Crippen molar-refractivity contribution in [2.75, 3.05) is 17.7 Å². The molecular weight excluding hydrogens is 372 g/mol. The van der Waals surface area contributed by atoms with E-state index in [1.165, 1.54) is 26.4 Å². The van der Waals surface area contributed by atoms with E-state index in [0.717, 1.165) is 0 Å². The molecule has 0 aliphatic rings. The zero-order chi connectivity index (χ0) is 20.8. The molecule has 0 saturated heterocycles. The molecule has 3 rings (SSSR count). The highest BCUT2D eigenvalue weighted by Gasteiger charge is 2.10. The van der Waals surface area contributed by atoms with Crippen LogP contribution in [0.15, 0.2) is 60.9 Å². The average molecular weight is 390 g/mol. The summed E-state index contributed by atoms with van der Waals surface area (Å²) in [6.45, 7) is 1.46.